The van der Waals surface area contributed by atoms with E-state index < -0.39 is 11.8 Å². The molecule has 318 valence electrons. The summed E-state index contributed by atoms with van der Waals surface area (Å²) in [5, 5.41) is 9.46. The molecular formula is C41H64N11O4PS. The van der Waals surface area contributed by atoms with Gasteiger partial charge in [0.1, 0.15) is 30.3 Å². The minimum Gasteiger partial charge on any atom is -0.491 e. The third-order valence-corrected chi connectivity index (χ3v) is 10.7. The Bertz CT molecular complexity index is 1960. The highest BCUT2D eigenvalue weighted by molar-refractivity contribution is 7.99. The molecule has 0 aliphatic heterocycles. The molecule has 15 nitrogen and oxygen atoms in total. The van der Waals surface area contributed by atoms with Crippen LogP contribution in [0.15, 0.2) is 51.3 Å². The van der Waals surface area contributed by atoms with Crippen molar-refractivity contribution in [3.05, 3.63) is 58.7 Å². The molecule has 0 fully saturated rings. The van der Waals surface area contributed by atoms with Crippen molar-refractivity contribution in [1.29, 1.82) is 0 Å². The van der Waals surface area contributed by atoms with Crippen molar-refractivity contribution in [2.45, 2.75) is 83.5 Å². The summed E-state index contributed by atoms with van der Waals surface area (Å²) in [7, 11) is 2.39. The van der Waals surface area contributed by atoms with Crippen LogP contribution in [0.5, 0.6) is 11.5 Å². The molecule has 1 unspecified atom stereocenters. The standard InChI is InChI=1S/C41H64N11O4PS/c1-8-11-41(6,7)25-20-30(35(58-10-3)31(21-25)51-38(45)46)50-37(54)27-22-26(32(55-16-13-43)23-33(27)56-17-14-44)36(53)49-28-18-24(40(4,5)9-2)19-29(52-39(47)57)34(28)48-15-12-42/h18-23,48H,8-17,42-44,57H2,1-7H3,(H2,47,52)(H,49,53)(H,50,54)(H4,45,46,51). The molecule has 0 saturated heterocycles. The molecule has 2 amide bonds. The van der Waals surface area contributed by atoms with Gasteiger partial charge in [-0.15, -0.1) is 11.8 Å². The Morgan fingerprint density at radius 2 is 1.29 bits per heavy atom. The van der Waals surface area contributed by atoms with E-state index in [4.69, 9.17) is 43.9 Å². The second-order valence-electron chi connectivity index (χ2n) is 14.9. The van der Waals surface area contributed by atoms with Gasteiger partial charge in [0, 0.05) is 32.2 Å². The third kappa shape index (κ3) is 12.7. The zero-order valence-corrected chi connectivity index (χ0v) is 37.0. The number of aliphatic imine (C=N–C) groups is 2. The van der Waals surface area contributed by atoms with E-state index in [0.717, 1.165) is 30.4 Å². The zero-order chi connectivity index (χ0) is 43.2. The molecule has 0 aromatic heterocycles. The number of hydrogen-bond acceptors (Lipinski definition) is 11. The van der Waals surface area contributed by atoms with Crippen molar-refractivity contribution in [3.8, 4) is 11.5 Å². The number of carbonyl (C=O) groups is 2. The first-order chi connectivity index (χ1) is 27.5. The maximum Gasteiger partial charge on any atom is 0.259 e. The van der Waals surface area contributed by atoms with E-state index in [1.807, 2.05) is 31.2 Å². The average Bonchev–Trinajstić information content (AvgIpc) is 3.16. The lowest BCUT2D eigenvalue weighted by molar-refractivity contribution is 0.102. The summed E-state index contributed by atoms with van der Waals surface area (Å²) in [5.74, 6) is -0.236. The van der Waals surface area contributed by atoms with Gasteiger partial charge in [0.05, 0.1) is 44.5 Å². The van der Waals surface area contributed by atoms with Crippen molar-refractivity contribution < 1.29 is 19.1 Å². The van der Waals surface area contributed by atoms with E-state index in [1.54, 1.807) is 0 Å². The van der Waals surface area contributed by atoms with E-state index in [2.05, 4.69) is 76.7 Å². The molecule has 0 aliphatic rings. The average molecular weight is 838 g/mol. The number of rotatable bonds is 22. The third-order valence-electron chi connectivity index (χ3n) is 9.56. The lowest BCUT2D eigenvalue weighted by Gasteiger charge is -2.27. The molecule has 0 aliphatic carbocycles. The first kappa shape index (κ1) is 47.8. The Balaban J connectivity index is 2.32. The summed E-state index contributed by atoms with van der Waals surface area (Å²) in [6.45, 7) is 15.9. The Kier molecular flexibility index (Phi) is 18.1. The SMILES string of the molecule is CCCC(C)(C)c1cc(N=C(N)N)c(SCC)c(NC(=O)c2cc(C(=O)Nc3cc(C(C)(C)CC)cc(N=C(N)P)c3NCCN)c(OCCN)cc2OCCN)c1. The van der Waals surface area contributed by atoms with Crippen LogP contribution in [0, 0.1) is 0 Å². The van der Waals surface area contributed by atoms with Gasteiger partial charge in [0.15, 0.2) is 5.96 Å². The summed E-state index contributed by atoms with van der Waals surface area (Å²) in [6, 6.07) is 10.7. The molecule has 3 rings (SSSR count). The Morgan fingerprint density at radius 1 is 0.741 bits per heavy atom. The maximum atomic E-state index is 14.6. The van der Waals surface area contributed by atoms with Gasteiger partial charge in [-0.25, -0.2) is 9.98 Å². The van der Waals surface area contributed by atoms with Crippen molar-refractivity contribution in [2.24, 2.45) is 44.4 Å². The molecule has 0 radical (unpaired) electrons. The molecular weight excluding hydrogens is 774 g/mol. The summed E-state index contributed by atoms with van der Waals surface area (Å²) in [6.07, 6.45) is 2.62. The summed E-state index contributed by atoms with van der Waals surface area (Å²) >= 11 is 1.49. The maximum absolute atomic E-state index is 14.6. The number of thioether (sulfide) groups is 1. The van der Waals surface area contributed by atoms with Crippen LogP contribution in [0.4, 0.5) is 28.4 Å². The van der Waals surface area contributed by atoms with Crippen LogP contribution < -0.4 is 59.8 Å². The number of ether oxygens (including phenoxy) is 2. The van der Waals surface area contributed by atoms with E-state index in [0.29, 0.717) is 52.2 Å². The molecule has 0 saturated carbocycles. The van der Waals surface area contributed by atoms with Gasteiger partial charge in [-0.05, 0) is 70.9 Å². The van der Waals surface area contributed by atoms with Crippen LogP contribution in [0.2, 0.25) is 0 Å². The van der Waals surface area contributed by atoms with E-state index in [1.165, 1.54) is 23.9 Å². The summed E-state index contributed by atoms with van der Waals surface area (Å²) < 4.78 is 12.0. The van der Waals surface area contributed by atoms with Gasteiger partial charge < -0.3 is 59.8 Å². The van der Waals surface area contributed by atoms with E-state index in [9.17, 15) is 9.59 Å². The fourth-order valence-electron chi connectivity index (χ4n) is 6.19. The summed E-state index contributed by atoms with van der Waals surface area (Å²) in [4.78, 5) is 38.9. The quantitative estimate of drug-likeness (QED) is 0.0250. The van der Waals surface area contributed by atoms with E-state index >= 15 is 0 Å². The molecule has 17 heteroatoms. The van der Waals surface area contributed by atoms with Crippen LogP contribution in [0.25, 0.3) is 0 Å². The van der Waals surface area contributed by atoms with Crippen LogP contribution >= 0.6 is 21.0 Å². The number of anilines is 3. The fraction of sp³-hybridized carbons (Fsp3) is 0.463. The van der Waals surface area contributed by atoms with Crippen LogP contribution in [0.3, 0.4) is 0 Å². The van der Waals surface area contributed by atoms with Gasteiger partial charge in [-0.3, -0.25) is 9.59 Å². The molecule has 1 atom stereocenters. The second kappa shape index (κ2) is 22.0. The number of guanidine groups is 1. The number of nitrogens with two attached hydrogens (primary N) is 6. The Labute approximate surface area is 349 Å². The first-order valence-corrected chi connectivity index (χ1v) is 21.1. The highest BCUT2D eigenvalue weighted by atomic mass is 32.2. The van der Waals surface area contributed by atoms with Crippen molar-refractivity contribution in [2.75, 3.05) is 61.1 Å². The molecule has 15 N–H and O–H groups in total. The topological polar surface area (TPSA) is 270 Å². The largest absolute Gasteiger partial charge is 0.491 e. The highest BCUT2D eigenvalue weighted by Gasteiger charge is 2.28. The fourth-order valence-corrected chi connectivity index (χ4v) is 7.13. The molecule has 3 aromatic rings. The lowest BCUT2D eigenvalue weighted by Crippen LogP contribution is -2.23. The van der Waals surface area contributed by atoms with Crippen molar-refractivity contribution in [3.63, 3.8) is 0 Å². The molecule has 58 heavy (non-hydrogen) atoms. The smallest absolute Gasteiger partial charge is 0.259 e. The van der Waals surface area contributed by atoms with Gasteiger partial charge in [0.2, 0.25) is 0 Å². The number of nitrogens with one attached hydrogen (secondary N) is 3. The summed E-state index contributed by atoms with van der Waals surface area (Å²) in [5.41, 5.74) is 39.6. The predicted molar refractivity (Wildman–Crippen MR) is 246 cm³/mol. The number of benzene rings is 3. The van der Waals surface area contributed by atoms with Crippen molar-refractivity contribution in [1.82, 2.24) is 0 Å². The highest BCUT2D eigenvalue weighted by Crippen LogP contribution is 2.43. The van der Waals surface area contributed by atoms with Crippen molar-refractivity contribution >= 4 is 72.8 Å². The van der Waals surface area contributed by atoms with Crippen LogP contribution in [0.1, 0.15) is 99.6 Å². The van der Waals surface area contributed by atoms with Gasteiger partial charge >= 0.3 is 0 Å². The van der Waals surface area contributed by atoms with Crippen LogP contribution in [-0.2, 0) is 10.8 Å². The van der Waals surface area contributed by atoms with E-state index in [-0.39, 0.29) is 71.3 Å². The molecule has 0 bridgehead atoms. The number of amidine groups is 1. The number of carbonyl (C=O) groups excluding carboxylic acids is 2. The molecule has 0 heterocycles. The minimum absolute atomic E-state index is 0.0569. The van der Waals surface area contributed by atoms with Gasteiger partial charge in [0.25, 0.3) is 11.8 Å². The minimum atomic E-state index is -0.567. The normalized spacial score (nSPS) is 11.9. The Morgan fingerprint density at radius 3 is 1.79 bits per heavy atom. The molecule has 3 aromatic carbocycles. The monoisotopic (exact) mass is 837 g/mol. The second-order valence-corrected chi connectivity index (χ2v) is 16.8. The zero-order valence-electron chi connectivity index (χ0n) is 35.0. The molecule has 0 spiro atoms. The van der Waals surface area contributed by atoms with Gasteiger partial charge in [-0.1, -0.05) is 64.1 Å². The Hall–Kier alpha value is -4.60. The number of nitrogens with zero attached hydrogens (tertiary/aromatic N) is 2. The number of hydrogen-bond donors (Lipinski definition) is 9. The predicted octanol–water partition coefficient (Wildman–Crippen LogP) is 5.84. The van der Waals surface area contributed by atoms with Gasteiger partial charge in [-0.2, -0.15) is 0 Å². The first-order valence-electron chi connectivity index (χ1n) is 19.6. The lowest BCUT2D eigenvalue weighted by atomic mass is 9.80. The van der Waals surface area contributed by atoms with Crippen LogP contribution in [-0.4, -0.2) is 68.5 Å². The number of amides is 2.